The zero-order chi connectivity index (χ0) is 8.55. The van der Waals surface area contributed by atoms with Gasteiger partial charge in [-0.1, -0.05) is 13.8 Å². The number of hydrogen-bond donors (Lipinski definition) is 0. The van der Waals surface area contributed by atoms with Gasteiger partial charge in [0.15, 0.2) is 0 Å². The Bertz CT molecular complexity index is 351. The normalized spacial score (nSPS) is 11.2. The lowest BCUT2D eigenvalue weighted by molar-refractivity contribution is 0.473. The third-order valence-corrected chi connectivity index (χ3v) is 1.90. The second kappa shape index (κ2) is 2.63. The van der Waals surface area contributed by atoms with Crippen molar-refractivity contribution in [1.82, 2.24) is 4.98 Å². The highest BCUT2D eigenvalue weighted by Gasteiger charge is 2.08. The molecule has 2 heterocycles. The Balaban J connectivity index is 2.54. The summed E-state index contributed by atoms with van der Waals surface area (Å²) in [6.07, 6.45) is 1.76. The Morgan fingerprint density at radius 1 is 1.25 bits per heavy atom. The van der Waals surface area contributed by atoms with E-state index in [9.17, 15) is 0 Å². The molecule has 0 bridgehead atoms. The van der Waals surface area contributed by atoms with Gasteiger partial charge in [-0.05, 0) is 18.2 Å². The maximum absolute atomic E-state index is 5.55. The molecule has 0 atom stereocenters. The van der Waals surface area contributed by atoms with E-state index in [1.165, 1.54) is 0 Å². The highest BCUT2D eigenvalue weighted by Crippen LogP contribution is 2.24. The molecule has 12 heavy (non-hydrogen) atoms. The summed E-state index contributed by atoms with van der Waals surface area (Å²) in [6.45, 7) is 4.21. The van der Waals surface area contributed by atoms with Crippen molar-refractivity contribution in [1.29, 1.82) is 0 Å². The van der Waals surface area contributed by atoms with E-state index in [0.29, 0.717) is 5.92 Å². The van der Waals surface area contributed by atoms with Crippen molar-refractivity contribution in [3.8, 4) is 11.5 Å². The fourth-order valence-electron chi connectivity index (χ4n) is 1.17. The van der Waals surface area contributed by atoms with E-state index in [1.54, 1.807) is 6.20 Å². The van der Waals surface area contributed by atoms with Crippen LogP contribution in [-0.4, -0.2) is 4.98 Å². The molecule has 0 unspecified atom stereocenters. The summed E-state index contributed by atoms with van der Waals surface area (Å²) >= 11 is 0. The van der Waals surface area contributed by atoms with Gasteiger partial charge in [0.2, 0.25) is 5.89 Å². The van der Waals surface area contributed by atoms with Crippen molar-refractivity contribution in [2.24, 2.45) is 0 Å². The summed E-state index contributed by atoms with van der Waals surface area (Å²) in [4.78, 5) is 4.10. The standard InChI is InChI=1S/C10H11NO/c1-7(2)9-4-3-8-5-6-11-10(8)12-9/h3-7H,1-2H3. The van der Waals surface area contributed by atoms with Crippen LogP contribution in [0.5, 0.6) is 0 Å². The predicted molar refractivity (Wildman–Crippen MR) is 47.2 cm³/mol. The Kier molecular flexibility index (Phi) is 1.61. The van der Waals surface area contributed by atoms with E-state index in [-0.39, 0.29) is 0 Å². The molecule has 0 saturated heterocycles. The van der Waals surface area contributed by atoms with Crippen LogP contribution in [0.4, 0.5) is 0 Å². The molecule has 0 aromatic carbocycles. The molecule has 0 aliphatic carbocycles. The first-order valence-corrected chi connectivity index (χ1v) is 4.12. The van der Waals surface area contributed by atoms with Crippen LogP contribution >= 0.6 is 0 Å². The molecule has 2 nitrogen and oxygen atoms in total. The molecule has 2 aliphatic heterocycles. The lowest BCUT2D eigenvalue weighted by Crippen LogP contribution is -1.88. The van der Waals surface area contributed by atoms with Crippen LogP contribution in [0.1, 0.15) is 25.5 Å². The van der Waals surface area contributed by atoms with Crippen molar-refractivity contribution >= 4 is 0 Å². The molecule has 2 aliphatic rings. The maximum Gasteiger partial charge on any atom is 0.226 e. The van der Waals surface area contributed by atoms with Crippen molar-refractivity contribution in [2.45, 2.75) is 19.8 Å². The Hall–Kier alpha value is -1.31. The molecule has 0 saturated carbocycles. The first-order valence-electron chi connectivity index (χ1n) is 4.12. The van der Waals surface area contributed by atoms with Gasteiger partial charge in [-0.3, -0.25) is 0 Å². The molecule has 0 radical (unpaired) electrons. The molecular formula is C10H11NO. The van der Waals surface area contributed by atoms with Gasteiger partial charge in [0.1, 0.15) is 5.76 Å². The summed E-state index contributed by atoms with van der Waals surface area (Å²) in [7, 11) is 0. The predicted octanol–water partition coefficient (Wildman–Crippen LogP) is 2.90. The van der Waals surface area contributed by atoms with Crippen LogP contribution in [0.25, 0.3) is 11.5 Å². The van der Waals surface area contributed by atoms with Crippen LogP contribution in [0.15, 0.2) is 28.8 Å². The second-order valence-corrected chi connectivity index (χ2v) is 3.20. The molecule has 2 rings (SSSR count). The van der Waals surface area contributed by atoms with Gasteiger partial charge in [-0.2, -0.15) is 0 Å². The van der Waals surface area contributed by atoms with E-state index >= 15 is 0 Å². The summed E-state index contributed by atoms with van der Waals surface area (Å²) in [5.41, 5.74) is 1.07. The van der Waals surface area contributed by atoms with Gasteiger partial charge < -0.3 is 4.42 Å². The highest BCUT2D eigenvalue weighted by atomic mass is 16.3. The lowest BCUT2D eigenvalue weighted by Gasteiger charge is -2.05. The quantitative estimate of drug-likeness (QED) is 0.642. The minimum absolute atomic E-state index is 0.422. The second-order valence-electron chi connectivity index (χ2n) is 3.20. The first kappa shape index (κ1) is 7.35. The molecule has 0 aromatic rings. The molecular weight excluding hydrogens is 150 g/mol. The van der Waals surface area contributed by atoms with Crippen molar-refractivity contribution in [3.63, 3.8) is 0 Å². The van der Waals surface area contributed by atoms with Gasteiger partial charge in [0, 0.05) is 17.7 Å². The summed E-state index contributed by atoms with van der Waals surface area (Å²) in [6, 6.07) is 6.00. The number of hydrogen-bond acceptors (Lipinski definition) is 2. The van der Waals surface area contributed by atoms with E-state index in [1.807, 2.05) is 18.2 Å². The highest BCUT2D eigenvalue weighted by molar-refractivity contribution is 5.54. The van der Waals surface area contributed by atoms with Gasteiger partial charge in [-0.25, -0.2) is 4.98 Å². The van der Waals surface area contributed by atoms with Crippen LogP contribution in [-0.2, 0) is 0 Å². The zero-order valence-electron chi connectivity index (χ0n) is 7.24. The molecule has 0 spiro atoms. The fourth-order valence-corrected chi connectivity index (χ4v) is 1.17. The lowest BCUT2D eigenvalue weighted by atomic mass is 10.1. The van der Waals surface area contributed by atoms with Crippen LogP contribution in [0, 0.1) is 0 Å². The average molecular weight is 161 g/mol. The third-order valence-electron chi connectivity index (χ3n) is 1.90. The van der Waals surface area contributed by atoms with Crippen molar-refractivity contribution in [2.75, 3.05) is 0 Å². The van der Waals surface area contributed by atoms with E-state index in [4.69, 9.17) is 4.42 Å². The number of nitrogens with zero attached hydrogens (tertiary/aromatic N) is 1. The first-order chi connectivity index (χ1) is 5.77. The van der Waals surface area contributed by atoms with Crippen LogP contribution < -0.4 is 0 Å². The number of fused-ring (bicyclic) bond motifs is 1. The smallest absolute Gasteiger partial charge is 0.226 e. The van der Waals surface area contributed by atoms with E-state index in [0.717, 1.165) is 17.2 Å². The van der Waals surface area contributed by atoms with Crippen LogP contribution in [0.3, 0.4) is 0 Å². The molecule has 0 amide bonds. The van der Waals surface area contributed by atoms with Gasteiger partial charge in [0.05, 0.1) is 0 Å². The maximum atomic E-state index is 5.55. The zero-order valence-corrected chi connectivity index (χ0v) is 7.24. The van der Waals surface area contributed by atoms with Gasteiger partial charge in [-0.15, -0.1) is 0 Å². The topological polar surface area (TPSA) is 26.0 Å². The monoisotopic (exact) mass is 161 g/mol. The van der Waals surface area contributed by atoms with E-state index in [2.05, 4.69) is 18.8 Å². The summed E-state index contributed by atoms with van der Waals surface area (Å²) in [5, 5.41) is 0. The summed E-state index contributed by atoms with van der Waals surface area (Å²) in [5.74, 6) is 2.15. The summed E-state index contributed by atoms with van der Waals surface area (Å²) < 4.78 is 5.55. The molecule has 2 heteroatoms. The molecule has 0 N–H and O–H groups in total. The van der Waals surface area contributed by atoms with Crippen molar-refractivity contribution in [3.05, 3.63) is 30.2 Å². The Morgan fingerprint density at radius 3 is 2.83 bits per heavy atom. The minimum Gasteiger partial charge on any atom is -0.443 e. The Labute approximate surface area is 71.6 Å². The molecule has 0 fully saturated rings. The van der Waals surface area contributed by atoms with Gasteiger partial charge >= 0.3 is 0 Å². The van der Waals surface area contributed by atoms with E-state index < -0.39 is 0 Å². The Morgan fingerprint density at radius 2 is 2.08 bits per heavy atom. The average Bonchev–Trinajstić information content (AvgIpc) is 2.49. The van der Waals surface area contributed by atoms with Crippen molar-refractivity contribution < 1.29 is 4.42 Å². The fraction of sp³-hybridized carbons (Fsp3) is 0.300. The number of rotatable bonds is 1. The van der Waals surface area contributed by atoms with Gasteiger partial charge in [0.25, 0.3) is 0 Å². The SMILES string of the molecule is CC(C)c1ccc2ccnc-2o1. The number of aromatic nitrogens is 1. The third kappa shape index (κ3) is 1.09. The largest absolute Gasteiger partial charge is 0.443 e. The molecule has 62 valence electrons. The molecule has 0 aromatic heterocycles. The minimum atomic E-state index is 0.422. The van der Waals surface area contributed by atoms with Crippen LogP contribution in [0.2, 0.25) is 0 Å².